The zero-order chi connectivity index (χ0) is 13.7. The number of aliphatic carboxylic acids is 2. The van der Waals surface area contributed by atoms with Crippen LogP contribution in [0.2, 0.25) is 0 Å². The van der Waals surface area contributed by atoms with Crippen molar-refractivity contribution in [1.29, 1.82) is 0 Å². The van der Waals surface area contributed by atoms with E-state index >= 15 is 0 Å². The van der Waals surface area contributed by atoms with Crippen LogP contribution in [0.25, 0.3) is 0 Å². The second-order valence-corrected chi connectivity index (χ2v) is 4.02. The van der Waals surface area contributed by atoms with Gasteiger partial charge in [-0.25, -0.2) is 0 Å². The molecule has 100 valence electrons. The van der Waals surface area contributed by atoms with Crippen LogP contribution in [0, 0.1) is 5.92 Å². The number of hydrogen-bond donors (Lipinski definition) is 3. The van der Waals surface area contributed by atoms with E-state index in [4.69, 9.17) is 10.2 Å². The predicted octanol–water partition coefficient (Wildman–Crippen LogP) is -1.49. The van der Waals surface area contributed by atoms with Crippen molar-refractivity contribution >= 4 is 23.8 Å². The fourth-order valence-corrected chi connectivity index (χ4v) is 1.74. The van der Waals surface area contributed by atoms with Crippen LogP contribution >= 0.6 is 0 Å². The van der Waals surface area contributed by atoms with E-state index in [1.165, 1.54) is 0 Å². The van der Waals surface area contributed by atoms with Crippen LogP contribution in [-0.4, -0.2) is 58.5 Å². The van der Waals surface area contributed by atoms with Crippen LogP contribution in [0.3, 0.4) is 0 Å². The molecule has 1 saturated heterocycles. The highest BCUT2D eigenvalue weighted by atomic mass is 16.4. The molecule has 0 radical (unpaired) electrons. The van der Waals surface area contributed by atoms with Gasteiger partial charge >= 0.3 is 11.9 Å². The summed E-state index contributed by atoms with van der Waals surface area (Å²) in [6, 6.07) is 0. The molecule has 0 bridgehead atoms. The number of nitrogens with zero attached hydrogens (tertiary/aromatic N) is 1. The third-order valence-corrected chi connectivity index (χ3v) is 2.58. The Morgan fingerprint density at radius 1 is 1.22 bits per heavy atom. The summed E-state index contributed by atoms with van der Waals surface area (Å²) in [6.45, 7) is -1.20. The lowest BCUT2D eigenvalue weighted by molar-refractivity contribution is -0.152. The van der Waals surface area contributed by atoms with Gasteiger partial charge in [0.25, 0.3) is 0 Å². The normalized spacial score (nSPS) is 18.9. The molecule has 18 heavy (non-hydrogen) atoms. The number of carbonyl (C=O) groups is 4. The lowest BCUT2D eigenvalue weighted by atomic mass is 9.97. The minimum Gasteiger partial charge on any atom is -0.480 e. The molecule has 0 aromatic heterocycles. The number of carboxylic acid groups (broad SMARTS) is 2. The van der Waals surface area contributed by atoms with E-state index in [2.05, 4.69) is 5.32 Å². The van der Waals surface area contributed by atoms with Gasteiger partial charge in [0, 0.05) is 13.0 Å². The van der Waals surface area contributed by atoms with Gasteiger partial charge in [-0.05, 0) is 6.42 Å². The Bertz CT molecular complexity index is 355. The van der Waals surface area contributed by atoms with Gasteiger partial charge in [0.1, 0.15) is 13.1 Å². The van der Waals surface area contributed by atoms with Crippen molar-refractivity contribution in [3.63, 3.8) is 0 Å². The fourth-order valence-electron chi connectivity index (χ4n) is 1.74. The molecule has 1 atom stereocenters. The van der Waals surface area contributed by atoms with E-state index in [1.54, 1.807) is 0 Å². The van der Waals surface area contributed by atoms with Crippen molar-refractivity contribution in [3.8, 4) is 0 Å². The van der Waals surface area contributed by atoms with Crippen molar-refractivity contribution in [2.75, 3.05) is 19.6 Å². The number of carboxylic acids is 2. The van der Waals surface area contributed by atoms with Gasteiger partial charge in [-0.3, -0.25) is 19.2 Å². The molecule has 1 aliphatic heterocycles. The molecule has 0 spiro atoms. The van der Waals surface area contributed by atoms with Crippen molar-refractivity contribution in [2.24, 2.45) is 5.92 Å². The maximum atomic E-state index is 11.9. The molecule has 3 N–H and O–H groups in total. The molecule has 1 aliphatic rings. The van der Waals surface area contributed by atoms with Gasteiger partial charge in [-0.15, -0.1) is 0 Å². The third kappa shape index (κ3) is 4.04. The van der Waals surface area contributed by atoms with Crippen LogP contribution in [0.4, 0.5) is 0 Å². The van der Waals surface area contributed by atoms with Crippen molar-refractivity contribution in [2.45, 2.75) is 12.8 Å². The predicted molar refractivity (Wildman–Crippen MR) is 57.6 cm³/mol. The van der Waals surface area contributed by atoms with Crippen LogP contribution < -0.4 is 5.32 Å². The van der Waals surface area contributed by atoms with Crippen molar-refractivity contribution < 1.29 is 29.4 Å². The third-order valence-electron chi connectivity index (χ3n) is 2.58. The van der Waals surface area contributed by atoms with Crippen molar-refractivity contribution in [1.82, 2.24) is 10.2 Å². The van der Waals surface area contributed by atoms with Crippen LogP contribution in [0.1, 0.15) is 12.8 Å². The maximum absolute atomic E-state index is 11.9. The summed E-state index contributed by atoms with van der Waals surface area (Å²) in [4.78, 5) is 44.8. The van der Waals surface area contributed by atoms with Gasteiger partial charge < -0.3 is 20.4 Å². The smallest absolute Gasteiger partial charge is 0.323 e. The van der Waals surface area contributed by atoms with E-state index in [0.29, 0.717) is 6.42 Å². The molecule has 1 rings (SSSR count). The first-order valence-electron chi connectivity index (χ1n) is 5.39. The average molecular weight is 258 g/mol. The molecule has 0 aromatic rings. The lowest BCUT2D eigenvalue weighted by Gasteiger charge is -2.27. The number of piperidine rings is 1. The summed E-state index contributed by atoms with van der Waals surface area (Å²) < 4.78 is 0. The summed E-state index contributed by atoms with van der Waals surface area (Å²) in [7, 11) is 0. The molecule has 8 nitrogen and oxygen atoms in total. The summed E-state index contributed by atoms with van der Waals surface area (Å²) in [5, 5.41) is 19.8. The number of nitrogens with one attached hydrogen (secondary N) is 1. The molecule has 1 fully saturated rings. The molecule has 0 aliphatic carbocycles. The summed E-state index contributed by atoms with van der Waals surface area (Å²) >= 11 is 0. The van der Waals surface area contributed by atoms with E-state index in [9.17, 15) is 19.2 Å². The van der Waals surface area contributed by atoms with Gasteiger partial charge in [0.2, 0.25) is 11.8 Å². The fraction of sp³-hybridized carbons (Fsp3) is 0.600. The first kappa shape index (κ1) is 13.9. The molecule has 8 heteroatoms. The van der Waals surface area contributed by atoms with Crippen LogP contribution in [-0.2, 0) is 19.2 Å². The number of rotatable bonds is 5. The Labute approximate surface area is 103 Å². The molecular weight excluding hydrogens is 244 g/mol. The average Bonchev–Trinajstić information content (AvgIpc) is 2.27. The molecule has 1 heterocycles. The van der Waals surface area contributed by atoms with Gasteiger partial charge in [0.15, 0.2) is 0 Å². The van der Waals surface area contributed by atoms with Crippen LogP contribution in [0.5, 0.6) is 0 Å². The second kappa shape index (κ2) is 5.99. The minimum atomic E-state index is -1.27. The standard InChI is InChI=1S/C10H14N2O6/c13-7-2-1-6(3-11-7)10(18)12(4-8(14)15)5-9(16)17/h6H,1-5H2,(H,11,13)(H,14,15)(H,16,17). The van der Waals surface area contributed by atoms with Crippen LogP contribution in [0.15, 0.2) is 0 Å². The number of carbonyl (C=O) groups excluding carboxylic acids is 2. The Kier molecular flexibility index (Phi) is 4.64. The highest BCUT2D eigenvalue weighted by Crippen LogP contribution is 2.14. The second-order valence-electron chi connectivity index (χ2n) is 4.02. The Balaban J connectivity index is 2.65. The highest BCUT2D eigenvalue weighted by Gasteiger charge is 2.30. The molecular formula is C10H14N2O6. The topological polar surface area (TPSA) is 124 Å². The summed E-state index contributed by atoms with van der Waals surface area (Å²) in [5.41, 5.74) is 0. The molecule has 0 saturated carbocycles. The molecule has 2 amide bonds. The first-order chi connectivity index (χ1) is 8.40. The van der Waals surface area contributed by atoms with Crippen molar-refractivity contribution in [3.05, 3.63) is 0 Å². The van der Waals surface area contributed by atoms with E-state index in [1.807, 2.05) is 0 Å². The Hall–Kier alpha value is -2.12. The van der Waals surface area contributed by atoms with E-state index < -0.39 is 36.9 Å². The Morgan fingerprint density at radius 2 is 1.78 bits per heavy atom. The van der Waals surface area contributed by atoms with E-state index in [0.717, 1.165) is 4.90 Å². The quantitative estimate of drug-likeness (QED) is 0.552. The maximum Gasteiger partial charge on any atom is 0.323 e. The monoisotopic (exact) mass is 258 g/mol. The summed E-state index contributed by atoms with van der Waals surface area (Å²) in [5.74, 6) is -3.82. The summed E-state index contributed by atoms with van der Waals surface area (Å²) in [6.07, 6.45) is 0.491. The van der Waals surface area contributed by atoms with Gasteiger partial charge in [0.05, 0.1) is 5.92 Å². The first-order valence-corrected chi connectivity index (χ1v) is 5.39. The van der Waals surface area contributed by atoms with Gasteiger partial charge in [-0.1, -0.05) is 0 Å². The van der Waals surface area contributed by atoms with Gasteiger partial charge in [-0.2, -0.15) is 0 Å². The zero-order valence-electron chi connectivity index (χ0n) is 9.59. The lowest BCUT2D eigenvalue weighted by Crippen LogP contribution is -2.47. The Morgan fingerprint density at radius 3 is 2.17 bits per heavy atom. The van der Waals surface area contributed by atoms with E-state index in [-0.39, 0.29) is 18.9 Å². The largest absolute Gasteiger partial charge is 0.480 e. The molecule has 1 unspecified atom stereocenters. The molecule has 0 aromatic carbocycles. The minimum absolute atomic E-state index is 0.118. The number of amides is 2. The SMILES string of the molecule is O=C(O)CN(CC(=O)O)C(=O)C1CCC(=O)NC1. The zero-order valence-corrected chi connectivity index (χ0v) is 9.59. The number of hydrogen-bond acceptors (Lipinski definition) is 4. The highest BCUT2D eigenvalue weighted by molar-refractivity contribution is 5.88.